The molecule has 4 nitrogen and oxygen atoms in total. The predicted octanol–water partition coefficient (Wildman–Crippen LogP) is 4.33. The van der Waals surface area contributed by atoms with Gasteiger partial charge in [-0.3, -0.25) is 0 Å². The molecule has 118 valence electrons. The number of benzene rings is 2. The van der Waals surface area contributed by atoms with Crippen LogP contribution in [0.3, 0.4) is 0 Å². The van der Waals surface area contributed by atoms with Gasteiger partial charge in [0.2, 0.25) is 0 Å². The Kier molecular flexibility index (Phi) is 3.97. The van der Waals surface area contributed by atoms with Gasteiger partial charge in [0.15, 0.2) is 11.6 Å². The van der Waals surface area contributed by atoms with E-state index < -0.39 is 23.7 Å². The predicted molar refractivity (Wildman–Crippen MR) is 85.2 cm³/mol. The molecule has 3 rings (SSSR count). The second kappa shape index (κ2) is 6.08. The van der Waals surface area contributed by atoms with E-state index in [1.54, 1.807) is 19.2 Å². The molecule has 0 aliphatic carbocycles. The first-order valence-corrected chi connectivity index (χ1v) is 7.13. The van der Waals surface area contributed by atoms with E-state index in [1.165, 1.54) is 6.07 Å². The Morgan fingerprint density at radius 1 is 1.13 bits per heavy atom. The van der Waals surface area contributed by atoms with Crippen LogP contribution in [-0.2, 0) is 0 Å². The molecule has 2 amide bonds. The fourth-order valence-electron chi connectivity index (χ4n) is 2.41. The average Bonchev–Trinajstić information content (AvgIpc) is 2.99. The molecule has 0 aliphatic heterocycles. The third-order valence-corrected chi connectivity index (χ3v) is 3.63. The van der Waals surface area contributed by atoms with Gasteiger partial charge in [0.25, 0.3) is 0 Å². The number of hydrogen-bond acceptors (Lipinski definition) is 1. The number of urea groups is 1. The van der Waals surface area contributed by atoms with Crippen molar-refractivity contribution in [3.05, 3.63) is 65.9 Å². The van der Waals surface area contributed by atoms with E-state index in [-0.39, 0.29) is 0 Å². The van der Waals surface area contributed by atoms with Gasteiger partial charge in [-0.25, -0.2) is 13.6 Å². The van der Waals surface area contributed by atoms with Gasteiger partial charge in [-0.1, -0.05) is 12.1 Å². The SMILES string of the molecule is CC(NC(=O)Nc1cccc2[nH]ccc12)c1ccc(F)c(F)c1. The summed E-state index contributed by atoms with van der Waals surface area (Å²) in [7, 11) is 0. The fourth-order valence-corrected chi connectivity index (χ4v) is 2.41. The van der Waals surface area contributed by atoms with Crippen LogP contribution in [0.4, 0.5) is 19.3 Å². The summed E-state index contributed by atoms with van der Waals surface area (Å²) in [5.74, 6) is -1.85. The molecule has 3 aromatic rings. The molecule has 23 heavy (non-hydrogen) atoms. The minimum absolute atomic E-state index is 0.420. The molecule has 0 saturated heterocycles. The Balaban J connectivity index is 1.71. The highest BCUT2D eigenvalue weighted by atomic mass is 19.2. The first-order valence-electron chi connectivity index (χ1n) is 7.13. The number of aromatic amines is 1. The minimum atomic E-state index is -0.936. The molecule has 1 atom stereocenters. The monoisotopic (exact) mass is 315 g/mol. The Labute approximate surface area is 131 Å². The molecule has 1 aromatic heterocycles. The number of aromatic nitrogens is 1. The van der Waals surface area contributed by atoms with Gasteiger partial charge in [-0.05, 0) is 42.8 Å². The first-order chi connectivity index (χ1) is 11.0. The smallest absolute Gasteiger partial charge is 0.319 e. The molecule has 6 heteroatoms. The van der Waals surface area contributed by atoms with Crippen molar-refractivity contribution in [2.45, 2.75) is 13.0 Å². The maximum absolute atomic E-state index is 13.3. The van der Waals surface area contributed by atoms with Crippen molar-refractivity contribution in [2.24, 2.45) is 0 Å². The van der Waals surface area contributed by atoms with Crippen molar-refractivity contribution in [2.75, 3.05) is 5.32 Å². The van der Waals surface area contributed by atoms with Gasteiger partial charge in [-0.15, -0.1) is 0 Å². The van der Waals surface area contributed by atoms with Crippen molar-refractivity contribution < 1.29 is 13.6 Å². The fraction of sp³-hybridized carbons (Fsp3) is 0.118. The van der Waals surface area contributed by atoms with Crippen molar-refractivity contribution in [3.63, 3.8) is 0 Å². The van der Waals surface area contributed by atoms with Crippen molar-refractivity contribution in [1.29, 1.82) is 0 Å². The number of nitrogens with one attached hydrogen (secondary N) is 3. The normalized spacial score (nSPS) is 12.1. The molecule has 3 N–H and O–H groups in total. The Hall–Kier alpha value is -2.89. The number of amides is 2. The average molecular weight is 315 g/mol. The third kappa shape index (κ3) is 3.15. The van der Waals surface area contributed by atoms with Gasteiger partial charge >= 0.3 is 6.03 Å². The summed E-state index contributed by atoms with van der Waals surface area (Å²) in [5.41, 5.74) is 2.06. The van der Waals surface area contributed by atoms with Crippen molar-refractivity contribution in [1.82, 2.24) is 10.3 Å². The molecular formula is C17H15F2N3O. The van der Waals surface area contributed by atoms with E-state index in [4.69, 9.17) is 0 Å². The summed E-state index contributed by atoms with van der Waals surface area (Å²) in [6, 6.07) is 10.1. The van der Waals surface area contributed by atoms with Crippen LogP contribution in [0.15, 0.2) is 48.7 Å². The van der Waals surface area contributed by atoms with Crippen LogP contribution in [-0.4, -0.2) is 11.0 Å². The highest BCUT2D eigenvalue weighted by Gasteiger charge is 2.13. The zero-order valence-electron chi connectivity index (χ0n) is 12.4. The number of hydrogen-bond donors (Lipinski definition) is 3. The van der Waals surface area contributed by atoms with E-state index >= 15 is 0 Å². The second-order valence-electron chi connectivity index (χ2n) is 5.24. The van der Waals surface area contributed by atoms with Crippen LogP contribution in [0.1, 0.15) is 18.5 Å². The van der Waals surface area contributed by atoms with Crippen LogP contribution in [0.5, 0.6) is 0 Å². The van der Waals surface area contributed by atoms with Gasteiger partial charge in [-0.2, -0.15) is 0 Å². The highest BCUT2D eigenvalue weighted by Crippen LogP contribution is 2.22. The lowest BCUT2D eigenvalue weighted by Gasteiger charge is -2.15. The summed E-state index contributed by atoms with van der Waals surface area (Å²) >= 11 is 0. The van der Waals surface area contributed by atoms with E-state index in [2.05, 4.69) is 15.6 Å². The number of carbonyl (C=O) groups excluding carboxylic acids is 1. The Morgan fingerprint density at radius 3 is 2.74 bits per heavy atom. The number of anilines is 1. The third-order valence-electron chi connectivity index (χ3n) is 3.63. The van der Waals surface area contributed by atoms with Crippen LogP contribution in [0, 0.1) is 11.6 Å². The lowest BCUT2D eigenvalue weighted by Crippen LogP contribution is -2.31. The van der Waals surface area contributed by atoms with Gasteiger partial charge < -0.3 is 15.6 Å². The summed E-state index contributed by atoms with van der Waals surface area (Å²) in [4.78, 5) is 15.2. The second-order valence-corrected chi connectivity index (χ2v) is 5.24. The van der Waals surface area contributed by atoms with Crippen molar-refractivity contribution >= 4 is 22.6 Å². The van der Waals surface area contributed by atoms with Crippen LogP contribution in [0.2, 0.25) is 0 Å². The molecule has 1 unspecified atom stereocenters. The van der Waals surface area contributed by atoms with Crippen LogP contribution < -0.4 is 10.6 Å². The maximum atomic E-state index is 13.3. The molecule has 1 heterocycles. The van der Waals surface area contributed by atoms with Crippen molar-refractivity contribution in [3.8, 4) is 0 Å². The largest absolute Gasteiger partial charge is 0.361 e. The highest BCUT2D eigenvalue weighted by molar-refractivity contribution is 6.00. The van der Waals surface area contributed by atoms with Gasteiger partial charge in [0, 0.05) is 17.1 Å². The van der Waals surface area contributed by atoms with Crippen LogP contribution in [0.25, 0.3) is 10.9 Å². The number of carbonyl (C=O) groups is 1. The quantitative estimate of drug-likeness (QED) is 0.662. The van der Waals surface area contributed by atoms with E-state index in [9.17, 15) is 13.6 Å². The number of fused-ring (bicyclic) bond motifs is 1. The summed E-state index contributed by atoms with van der Waals surface area (Å²) in [6.45, 7) is 1.70. The molecule has 0 bridgehead atoms. The zero-order valence-corrected chi connectivity index (χ0v) is 12.4. The lowest BCUT2D eigenvalue weighted by atomic mass is 10.1. The zero-order chi connectivity index (χ0) is 16.4. The molecular weight excluding hydrogens is 300 g/mol. The molecule has 0 saturated carbocycles. The maximum Gasteiger partial charge on any atom is 0.319 e. The van der Waals surface area contributed by atoms with Gasteiger partial charge in [0.1, 0.15) is 0 Å². The Morgan fingerprint density at radius 2 is 1.96 bits per heavy atom. The summed E-state index contributed by atoms with van der Waals surface area (Å²) in [5, 5.41) is 6.35. The molecule has 0 fully saturated rings. The van der Waals surface area contributed by atoms with E-state index in [0.717, 1.165) is 23.0 Å². The number of H-pyrrole nitrogens is 1. The minimum Gasteiger partial charge on any atom is -0.361 e. The molecule has 0 radical (unpaired) electrons. The first kappa shape index (κ1) is 15.0. The van der Waals surface area contributed by atoms with E-state index in [1.807, 2.05) is 18.2 Å². The number of rotatable bonds is 3. The summed E-state index contributed by atoms with van der Waals surface area (Å²) in [6.07, 6.45) is 1.79. The standard InChI is InChI=1S/C17H15F2N3O/c1-10(11-5-6-13(18)14(19)9-11)21-17(23)22-16-4-2-3-15-12(16)7-8-20-15/h2-10,20H,1H3,(H2,21,22,23). The van der Waals surface area contributed by atoms with E-state index in [0.29, 0.717) is 11.3 Å². The van der Waals surface area contributed by atoms with Gasteiger partial charge in [0.05, 0.1) is 11.7 Å². The lowest BCUT2D eigenvalue weighted by molar-refractivity contribution is 0.249. The van der Waals surface area contributed by atoms with Crippen LogP contribution >= 0.6 is 0 Å². The topological polar surface area (TPSA) is 56.9 Å². The number of halogens is 2. The Bertz CT molecular complexity index is 860. The molecule has 0 spiro atoms. The molecule has 2 aromatic carbocycles. The molecule has 0 aliphatic rings. The summed E-state index contributed by atoms with van der Waals surface area (Å²) < 4.78 is 26.2.